The molecular weight excluding hydrogens is 247 g/mol. The summed E-state index contributed by atoms with van der Waals surface area (Å²) in [6.07, 6.45) is 0.808. The molecule has 1 saturated heterocycles. The summed E-state index contributed by atoms with van der Waals surface area (Å²) in [5.41, 5.74) is 0.866. The number of imide groups is 1. The molecule has 1 aromatic carbocycles. The largest absolute Gasteiger partial charge is 0.303 e. The Labute approximate surface area is 111 Å². The molecule has 1 fully saturated rings. The van der Waals surface area contributed by atoms with Crippen LogP contribution in [-0.4, -0.2) is 35.8 Å². The second kappa shape index (κ2) is 5.48. The van der Waals surface area contributed by atoms with E-state index in [4.69, 9.17) is 0 Å². The summed E-state index contributed by atoms with van der Waals surface area (Å²) < 4.78 is 13.1. The average molecular weight is 264 g/mol. The van der Waals surface area contributed by atoms with Crippen LogP contribution in [0.1, 0.15) is 18.9 Å². The van der Waals surface area contributed by atoms with Gasteiger partial charge in [-0.25, -0.2) is 4.39 Å². The average Bonchev–Trinajstić information content (AvgIpc) is 2.57. The van der Waals surface area contributed by atoms with Gasteiger partial charge in [-0.3, -0.25) is 14.5 Å². The van der Waals surface area contributed by atoms with Crippen LogP contribution in [0.4, 0.5) is 4.39 Å². The van der Waals surface area contributed by atoms with Gasteiger partial charge in [0.25, 0.3) is 0 Å². The number of carbonyl (C=O) groups is 2. The lowest BCUT2D eigenvalue weighted by molar-refractivity contribution is -0.137. The fourth-order valence-corrected chi connectivity index (χ4v) is 2.31. The van der Waals surface area contributed by atoms with Gasteiger partial charge in [0.2, 0.25) is 11.8 Å². The van der Waals surface area contributed by atoms with Gasteiger partial charge in [0.05, 0.1) is 12.5 Å². The molecule has 2 unspecified atom stereocenters. The maximum Gasteiger partial charge on any atom is 0.246 e. The minimum absolute atomic E-state index is 0.00458. The SMILES string of the molecule is CC(Cc1cccc(F)c1)NC1CC(=O)N(C)C1=O. The Bertz CT molecular complexity index is 504. The van der Waals surface area contributed by atoms with Crippen molar-refractivity contribution in [1.29, 1.82) is 0 Å². The van der Waals surface area contributed by atoms with Crippen LogP contribution in [0.5, 0.6) is 0 Å². The molecule has 0 bridgehead atoms. The second-order valence-corrected chi connectivity index (χ2v) is 4.95. The first kappa shape index (κ1) is 13.7. The first-order chi connectivity index (χ1) is 8.97. The Morgan fingerprint density at radius 3 is 2.79 bits per heavy atom. The van der Waals surface area contributed by atoms with Gasteiger partial charge in [-0.15, -0.1) is 0 Å². The molecule has 2 atom stereocenters. The molecule has 0 aliphatic carbocycles. The molecule has 5 heteroatoms. The van der Waals surface area contributed by atoms with Crippen LogP contribution in [0.2, 0.25) is 0 Å². The number of likely N-dealkylation sites (tertiary alicyclic amines) is 1. The quantitative estimate of drug-likeness (QED) is 0.829. The highest BCUT2D eigenvalue weighted by Crippen LogP contribution is 2.13. The number of hydrogen-bond acceptors (Lipinski definition) is 3. The van der Waals surface area contributed by atoms with Crippen molar-refractivity contribution in [3.05, 3.63) is 35.6 Å². The molecule has 102 valence electrons. The predicted octanol–water partition coefficient (Wildman–Crippen LogP) is 1.10. The van der Waals surface area contributed by atoms with E-state index in [9.17, 15) is 14.0 Å². The smallest absolute Gasteiger partial charge is 0.246 e. The summed E-state index contributed by atoms with van der Waals surface area (Å²) >= 11 is 0. The van der Waals surface area contributed by atoms with Crippen molar-refractivity contribution in [3.8, 4) is 0 Å². The Hall–Kier alpha value is -1.75. The summed E-state index contributed by atoms with van der Waals surface area (Å²) in [6.45, 7) is 1.92. The van der Waals surface area contributed by atoms with E-state index in [1.54, 1.807) is 6.07 Å². The van der Waals surface area contributed by atoms with Gasteiger partial charge < -0.3 is 5.32 Å². The Morgan fingerprint density at radius 1 is 1.47 bits per heavy atom. The van der Waals surface area contributed by atoms with E-state index in [2.05, 4.69) is 5.32 Å². The number of amides is 2. The lowest BCUT2D eigenvalue weighted by Gasteiger charge is -2.18. The van der Waals surface area contributed by atoms with E-state index < -0.39 is 6.04 Å². The van der Waals surface area contributed by atoms with Crippen molar-refractivity contribution in [3.63, 3.8) is 0 Å². The monoisotopic (exact) mass is 264 g/mol. The summed E-state index contributed by atoms with van der Waals surface area (Å²) in [6, 6.07) is 5.92. The molecule has 1 aliphatic rings. The topological polar surface area (TPSA) is 49.4 Å². The van der Waals surface area contributed by atoms with Crippen molar-refractivity contribution < 1.29 is 14.0 Å². The van der Waals surface area contributed by atoms with Gasteiger partial charge in [-0.05, 0) is 31.0 Å². The first-order valence-corrected chi connectivity index (χ1v) is 6.28. The number of rotatable bonds is 4. The van der Waals surface area contributed by atoms with Gasteiger partial charge in [0, 0.05) is 13.1 Å². The number of carbonyl (C=O) groups excluding carboxylic acids is 2. The molecule has 1 N–H and O–H groups in total. The molecule has 19 heavy (non-hydrogen) atoms. The number of halogens is 1. The normalized spacial score (nSPS) is 21.0. The molecule has 0 radical (unpaired) electrons. The highest BCUT2D eigenvalue weighted by Gasteiger charge is 2.36. The summed E-state index contributed by atoms with van der Waals surface area (Å²) in [5.74, 6) is -0.631. The Morgan fingerprint density at radius 2 is 2.21 bits per heavy atom. The molecular formula is C14H17FN2O2. The number of likely N-dealkylation sites (N-methyl/N-ethyl adjacent to an activating group) is 1. The van der Waals surface area contributed by atoms with Gasteiger partial charge in [-0.2, -0.15) is 0 Å². The molecule has 1 aromatic rings. The van der Waals surface area contributed by atoms with Crippen LogP contribution >= 0.6 is 0 Å². The van der Waals surface area contributed by atoms with Crippen molar-refractivity contribution in [2.24, 2.45) is 0 Å². The lowest BCUT2D eigenvalue weighted by atomic mass is 10.1. The minimum Gasteiger partial charge on any atom is -0.303 e. The summed E-state index contributed by atoms with van der Waals surface area (Å²) in [7, 11) is 1.49. The van der Waals surface area contributed by atoms with Gasteiger partial charge in [-0.1, -0.05) is 12.1 Å². The van der Waals surface area contributed by atoms with E-state index in [0.717, 1.165) is 10.5 Å². The molecule has 4 nitrogen and oxygen atoms in total. The first-order valence-electron chi connectivity index (χ1n) is 6.28. The van der Waals surface area contributed by atoms with Crippen LogP contribution in [-0.2, 0) is 16.0 Å². The van der Waals surface area contributed by atoms with E-state index >= 15 is 0 Å². The van der Waals surface area contributed by atoms with E-state index in [0.29, 0.717) is 6.42 Å². The van der Waals surface area contributed by atoms with Crippen molar-refractivity contribution >= 4 is 11.8 Å². The van der Waals surface area contributed by atoms with Gasteiger partial charge in [0.1, 0.15) is 5.82 Å². The molecule has 0 aromatic heterocycles. The number of nitrogens with one attached hydrogen (secondary N) is 1. The molecule has 0 saturated carbocycles. The van der Waals surface area contributed by atoms with Crippen LogP contribution < -0.4 is 5.32 Å². The minimum atomic E-state index is -0.457. The van der Waals surface area contributed by atoms with Crippen molar-refractivity contribution in [1.82, 2.24) is 10.2 Å². The molecule has 1 aliphatic heterocycles. The fourth-order valence-electron chi connectivity index (χ4n) is 2.31. The van der Waals surface area contributed by atoms with Crippen LogP contribution in [0, 0.1) is 5.82 Å². The predicted molar refractivity (Wildman–Crippen MR) is 68.9 cm³/mol. The molecule has 0 spiro atoms. The maximum atomic E-state index is 13.1. The summed E-state index contributed by atoms with van der Waals surface area (Å²) in [4.78, 5) is 24.3. The maximum absolute atomic E-state index is 13.1. The van der Waals surface area contributed by atoms with E-state index in [1.807, 2.05) is 13.0 Å². The van der Waals surface area contributed by atoms with E-state index in [-0.39, 0.29) is 30.1 Å². The van der Waals surface area contributed by atoms with E-state index in [1.165, 1.54) is 19.2 Å². The van der Waals surface area contributed by atoms with Crippen LogP contribution in [0.15, 0.2) is 24.3 Å². The van der Waals surface area contributed by atoms with Crippen molar-refractivity contribution in [2.45, 2.75) is 31.8 Å². The fraction of sp³-hybridized carbons (Fsp3) is 0.429. The zero-order valence-electron chi connectivity index (χ0n) is 11.0. The van der Waals surface area contributed by atoms with Crippen LogP contribution in [0.25, 0.3) is 0 Å². The van der Waals surface area contributed by atoms with Gasteiger partial charge in [0.15, 0.2) is 0 Å². The summed E-state index contributed by atoms with van der Waals surface area (Å²) in [5, 5.41) is 3.12. The Balaban J connectivity index is 1.93. The second-order valence-electron chi connectivity index (χ2n) is 4.95. The van der Waals surface area contributed by atoms with Crippen LogP contribution in [0.3, 0.4) is 0 Å². The van der Waals surface area contributed by atoms with Crippen molar-refractivity contribution in [2.75, 3.05) is 7.05 Å². The standard InChI is InChI=1S/C14H17FN2O2/c1-9(6-10-4-3-5-11(15)7-10)16-12-8-13(18)17(2)14(12)19/h3-5,7,9,12,16H,6,8H2,1-2H3. The molecule has 2 rings (SSSR count). The highest BCUT2D eigenvalue weighted by molar-refractivity contribution is 6.05. The zero-order valence-corrected chi connectivity index (χ0v) is 11.0. The third-order valence-electron chi connectivity index (χ3n) is 3.30. The number of benzene rings is 1. The molecule has 2 amide bonds. The third-order valence-corrected chi connectivity index (χ3v) is 3.30. The molecule has 1 heterocycles. The lowest BCUT2D eigenvalue weighted by Crippen LogP contribution is -2.42. The Kier molecular flexibility index (Phi) is 3.95. The number of hydrogen-bond donors (Lipinski definition) is 1. The highest BCUT2D eigenvalue weighted by atomic mass is 19.1. The zero-order chi connectivity index (χ0) is 14.0. The third kappa shape index (κ3) is 3.17. The number of nitrogens with zero attached hydrogens (tertiary/aromatic N) is 1. The van der Waals surface area contributed by atoms with Gasteiger partial charge >= 0.3 is 0 Å².